The molecule has 0 unspecified atom stereocenters. The van der Waals surface area contributed by atoms with Crippen LogP contribution < -0.4 is 10.5 Å². The van der Waals surface area contributed by atoms with Gasteiger partial charge in [0.25, 0.3) is 0 Å². The SMILES string of the molecule is CC.Nc1cc(CN2CCC(C(=O)N3CCC(COc4c(F)cc(F)cc4F)CC3)CC2)ccn1. The summed E-state index contributed by atoms with van der Waals surface area (Å²) in [7, 11) is 0. The summed E-state index contributed by atoms with van der Waals surface area (Å²) in [5.41, 5.74) is 6.87. The molecule has 0 aliphatic carbocycles. The zero-order valence-corrected chi connectivity index (χ0v) is 20.5. The molecule has 0 saturated carbocycles. The highest BCUT2D eigenvalue weighted by Crippen LogP contribution is 2.27. The van der Waals surface area contributed by atoms with Crippen LogP contribution in [-0.4, -0.2) is 53.5 Å². The number of ether oxygens (including phenoxy) is 1. The van der Waals surface area contributed by atoms with Crippen molar-refractivity contribution in [3.63, 3.8) is 0 Å². The molecular formula is C26H35F3N4O2. The lowest BCUT2D eigenvalue weighted by Crippen LogP contribution is -2.45. The first-order valence-electron chi connectivity index (χ1n) is 12.4. The summed E-state index contributed by atoms with van der Waals surface area (Å²) in [6.07, 6.45) is 4.77. The number of benzene rings is 1. The van der Waals surface area contributed by atoms with Crippen molar-refractivity contribution in [2.75, 3.05) is 38.5 Å². The van der Waals surface area contributed by atoms with Gasteiger partial charge < -0.3 is 15.4 Å². The lowest BCUT2D eigenvalue weighted by atomic mass is 9.92. The molecule has 1 aromatic carbocycles. The van der Waals surface area contributed by atoms with Crippen molar-refractivity contribution in [1.29, 1.82) is 0 Å². The molecule has 0 radical (unpaired) electrons. The molecule has 192 valence electrons. The number of amides is 1. The summed E-state index contributed by atoms with van der Waals surface area (Å²) in [6, 6.07) is 5.05. The first-order valence-corrected chi connectivity index (χ1v) is 12.4. The summed E-state index contributed by atoms with van der Waals surface area (Å²) in [5.74, 6) is -2.78. The summed E-state index contributed by atoms with van der Waals surface area (Å²) < 4.78 is 45.8. The number of carbonyl (C=O) groups excluding carboxylic acids is 1. The van der Waals surface area contributed by atoms with Crippen molar-refractivity contribution in [1.82, 2.24) is 14.8 Å². The van der Waals surface area contributed by atoms with E-state index >= 15 is 0 Å². The van der Waals surface area contributed by atoms with Crippen molar-refractivity contribution < 1.29 is 22.7 Å². The molecule has 0 spiro atoms. The van der Waals surface area contributed by atoms with Gasteiger partial charge in [0.05, 0.1) is 6.61 Å². The second-order valence-electron chi connectivity index (χ2n) is 8.92. The molecule has 1 aromatic heterocycles. The molecule has 0 atom stereocenters. The standard InChI is InChI=1S/C24H29F3N4O2.C2H6/c25-19-12-20(26)23(21(27)13-19)33-15-16-2-9-31(10-3-16)24(32)18-4-7-30(8-5-18)14-17-1-6-29-22(28)11-17;1-2/h1,6,11-13,16,18H,2-5,7-10,14-15H2,(H2,28,29);1-2H3. The fourth-order valence-electron chi connectivity index (χ4n) is 4.64. The van der Waals surface area contributed by atoms with Gasteiger partial charge in [-0.15, -0.1) is 0 Å². The summed E-state index contributed by atoms with van der Waals surface area (Å²) >= 11 is 0. The number of carbonyl (C=O) groups is 1. The van der Waals surface area contributed by atoms with Gasteiger partial charge in [-0.25, -0.2) is 18.2 Å². The molecule has 2 N–H and O–H groups in total. The Morgan fingerprint density at radius 3 is 2.26 bits per heavy atom. The highest BCUT2D eigenvalue weighted by molar-refractivity contribution is 5.79. The molecule has 4 rings (SSSR count). The van der Waals surface area contributed by atoms with Gasteiger partial charge in [-0.1, -0.05) is 13.8 Å². The van der Waals surface area contributed by atoms with Gasteiger partial charge in [0.2, 0.25) is 5.91 Å². The number of rotatable bonds is 6. The van der Waals surface area contributed by atoms with E-state index in [0.29, 0.717) is 43.9 Å². The predicted octanol–water partition coefficient (Wildman–Crippen LogP) is 4.64. The minimum atomic E-state index is -1.04. The second-order valence-corrected chi connectivity index (χ2v) is 8.92. The van der Waals surface area contributed by atoms with E-state index in [2.05, 4.69) is 9.88 Å². The van der Waals surface area contributed by atoms with Crippen LogP contribution in [-0.2, 0) is 11.3 Å². The van der Waals surface area contributed by atoms with Crippen molar-refractivity contribution >= 4 is 11.7 Å². The van der Waals surface area contributed by atoms with E-state index in [0.717, 1.165) is 38.0 Å². The largest absolute Gasteiger partial charge is 0.487 e. The van der Waals surface area contributed by atoms with Crippen molar-refractivity contribution in [3.8, 4) is 5.75 Å². The van der Waals surface area contributed by atoms with E-state index in [4.69, 9.17) is 10.5 Å². The Kier molecular flexibility index (Phi) is 9.77. The fraction of sp³-hybridized carbons (Fsp3) is 0.538. The Bertz CT molecular complexity index is 952. The van der Waals surface area contributed by atoms with E-state index < -0.39 is 23.2 Å². The summed E-state index contributed by atoms with van der Waals surface area (Å²) in [4.78, 5) is 21.2. The number of aromatic nitrogens is 1. The molecular weight excluding hydrogens is 457 g/mol. The molecule has 2 aliphatic heterocycles. The Hall–Kier alpha value is -2.81. The number of hydrogen-bond acceptors (Lipinski definition) is 5. The van der Waals surface area contributed by atoms with Gasteiger partial charge in [-0.2, -0.15) is 0 Å². The summed E-state index contributed by atoms with van der Waals surface area (Å²) in [6.45, 7) is 7.87. The van der Waals surface area contributed by atoms with Crippen LogP contribution in [0.4, 0.5) is 19.0 Å². The van der Waals surface area contributed by atoms with Crippen LogP contribution in [0.15, 0.2) is 30.5 Å². The molecule has 2 aromatic rings. The third-order valence-electron chi connectivity index (χ3n) is 6.54. The van der Waals surface area contributed by atoms with E-state index in [-0.39, 0.29) is 24.3 Å². The number of nitrogen functional groups attached to an aromatic ring is 1. The van der Waals surface area contributed by atoms with Crippen molar-refractivity contribution in [2.24, 2.45) is 11.8 Å². The maximum Gasteiger partial charge on any atom is 0.225 e. The van der Waals surface area contributed by atoms with Gasteiger partial charge in [0.1, 0.15) is 11.6 Å². The Balaban J connectivity index is 0.00000167. The van der Waals surface area contributed by atoms with Crippen molar-refractivity contribution in [2.45, 2.75) is 46.1 Å². The number of hydrogen-bond donors (Lipinski definition) is 1. The maximum absolute atomic E-state index is 13.7. The van der Waals surface area contributed by atoms with Gasteiger partial charge in [0, 0.05) is 43.9 Å². The van der Waals surface area contributed by atoms with Gasteiger partial charge in [-0.3, -0.25) is 9.69 Å². The Morgan fingerprint density at radius 1 is 1.03 bits per heavy atom. The normalized spacial score (nSPS) is 17.6. The number of nitrogens with zero attached hydrogens (tertiary/aromatic N) is 3. The van der Waals surface area contributed by atoms with Crippen LogP contribution in [0.5, 0.6) is 5.75 Å². The van der Waals surface area contributed by atoms with Gasteiger partial charge in [0.15, 0.2) is 17.4 Å². The Labute approximate surface area is 205 Å². The number of piperidine rings is 2. The van der Waals surface area contributed by atoms with Gasteiger partial charge in [-0.05, 0) is 62.4 Å². The van der Waals surface area contributed by atoms with Crippen molar-refractivity contribution in [3.05, 3.63) is 53.5 Å². The quantitative estimate of drug-likeness (QED) is 0.636. The number of likely N-dealkylation sites (tertiary alicyclic amines) is 2. The van der Waals surface area contributed by atoms with E-state index in [1.54, 1.807) is 6.20 Å². The highest BCUT2D eigenvalue weighted by atomic mass is 19.1. The molecule has 9 heteroatoms. The van der Waals surface area contributed by atoms with Gasteiger partial charge >= 0.3 is 0 Å². The number of halogens is 3. The highest BCUT2D eigenvalue weighted by Gasteiger charge is 2.31. The minimum Gasteiger partial charge on any atom is -0.487 e. The number of pyridine rings is 1. The third kappa shape index (κ3) is 7.34. The number of nitrogens with two attached hydrogens (primary N) is 1. The molecule has 2 aliphatic rings. The molecule has 35 heavy (non-hydrogen) atoms. The molecule has 2 saturated heterocycles. The first kappa shape index (κ1) is 26.8. The first-order chi connectivity index (χ1) is 16.9. The van der Waals surface area contributed by atoms with Crippen LogP contribution in [0.3, 0.4) is 0 Å². The smallest absolute Gasteiger partial charge is 0.225 e. The zero-order valence-electron chi connectivity index (χ0n) is 20.5. The van der Waals surface area contributed by atoms with E-state index in [9.17, 15) is 18.0 Å². The molecule has 2 fully saturated rings. The van der Waals surface area contributed by atoms with Crippen LogP contribution in [0.2, 0.25) is 0 Å². The van der Waals surface area contributed by atoms with E-state index in [1.807, 2.05) is 30.9 Å². The lowest BCUT2D eigenvalue weighted by molar-refractivity contribution is -0.138. The van der Waals surface area contributed by atoms with Crippen LogP contribution in [0.1, 0.15) is 45.1 Å². The third-order valence-corrected chi connectivity index (χ3v) is 6.54. The minimum absolute atomic E-state index is 0.0268. The number of anilines is 1. The van der Waals surface area contributed by atoms with Crippen LogP contribution in [0, 0.1) is 29.3 Å². The predicted molar refractivity (Wildman–Crippen MR) is 129 cm³/mol. The van der Waals surface area contributed by atoms with Crippen LogP contribution in [0.25, 0.3) is 0 Å². The van der Waals surface area contributed by atoms with Crippen LogP contribution >= 0.6 is 0 Å². The Morgan fingerprint density at radius 2 is 1.66 bits per heavy atom. The van der Waals surface area contributed by atoms with E-state index in [1.165, 1.54) is 0 Å². The molecule has 6 nitrogen and oxygen atoms in total. The average molecular weight is 493 g/mol. The molecule has 0 bridgehead atoms. The second kappa shape index (κ2) is 12.8. The maximum atomic E-state index is 13.7. The lowest BCUT2D eigenvalue weighted by Gasteiger charge is -2.37. The fourth-order valence-corrected chi connectivity index (χ4v) is 4.64. The average Bonchev–Trinajstić information content (AvgIpc) is 2.85. The topological polar surface area (TPSA) is 71.7 Å². The molecule has 3 heterocycles. The molecule has 1 amide bonds. The zero-order chi connectivity index (χ0) is 25.4. The monoisotopic (exact) mass is 492 g/mol. The summed E-state index contributed by atoms with van der Waals surface area (Å²) in [5, 5.41) is 0.